The number of carbonyl (C=O) groups excluding carboxylic acids is 1. The average molecular weight is 388 g/mol. The van der Waals surface area contributed by atoms with Crippen LogP contribution in [0.2, 0.25) is 0 Å². The van der Waals surface area contributed by atoms with Gasteiger partial charge in [-0.15, -0.1) is 0 Å². The van der Waals surface area contributed by atoms with Crippen molar-refractivity contribution in [3.05, 3.63) is 0 Å². The predicted octanol–water partition coefficient (Wildman–Crippen LogP) is 2.80. The summed E-state index contributed by atoms with van der Waals surface area (Å²) in [5.74, 6) is 4.98. The highest BCUT2D eigenvalue weighted by atomic mass is 32.2. The molecule has 0 aromatic carbocycles. The lowest BCUT2D eigenvalue weighted by Gasteiger charge is -2.20. The molecule has 2 bridgehead atoms. The Morgan fingerprint density at radius 2 is 1.79 bits per heavy atom. The van der Waals surface area contributed by atoms with Crippen LogP contribution in [-0.4, -0.2) is 35.3 Å². The van der Waals surface area contributed by atoms with Gasteiger partial charge in [0.05, 0.1) is 0 Å². The molecule has 0 N–H and O–H groups in total. The van der Waals surface area contributed by atoms with E-state index in [0.717, 1.165) is 30.6 Å². The topological polar surface area (TPSA) is 74.3 Å². The van der Waals surface area contributed by atoms with Crippen molar-refractivity contribution in [2.24, 2.45) is 17.8 Å². The molecule has 0 spiro atoms. The van der Waals surface area contributed by atoms with Crippen molar-refractivity contribution in [2.45, 2.75) is 62.1 Å². The molecule has 0 aliphatic heterocycles. The van der Waals surface area contributed by atoms with Gasteiger partial charge < -0.3 is 4.55 Å². The normalized spacial score (nSPS) is 33.2. The van der Waals surface area contributed by atoms with Gasteiger partial charge in [0.2, 0.25) is 0 Å². The molecule has 0 heterocycles. The third-order valence-electron chi connectivity index (χ3n) is 5.25. The second-order valence-electron chi connectivity index (χ2n) is 6.93. The van der Waals surface area contributed by atoms with Crippen LogP contribution in [0.3, 0.4) is 0 Å². The van der Waals surface area contributed by atoms with E-state index in [-0.39, 0.29) is 0 Å². The van der Waals surface area contributed by atoms with Crippen LogP contribution in [0.25, 0.3) is 0 Å². The van der Waals surface area contributed by atoms with E-state index in [1.54, 1.807) is 0 Å². The number of alkyl halides is 3. The first-order valence-electron chi connectivity index (χ1n) is 8.29. The standard InChI is InChI=1S/C14H22OS.CHF3O3S/c15-13-3-1-2-4-14(13)16-9-12-8-10-5-6-11(12)7-10;2-1(3,4)8(5,6)7/h10-12,14H,1-9H2;(H,5,6,7). The molecule has 0 aromatic rings. The van der Waals surface area contributed by atoms with Gasteiger partial charge in [-0.3, -0.25) is 4.79 Å². The molecule has 0 aromatic heterocycles. The molecule has 4 unspecified atom stereocenters. The Labute approximate surface area is 144 Å². The quantitative estimate of drug-likeness (QED) is 0.322. The summed E-state index contributed by atoms with van der Waals surface area (Å²) in [6, 6.07) is 0. The summed E-state index contributed by atoms with van der Waals surface area (Å²) in [6.07, 6.45) is 10.5. The smallest absolute Gasteiger partial charge is 0.485 e. The van der Waals surface area contributed by atoms with Crippen LogP contribution in [0.15, 0.2) is 0 Å². The lowest BCUT2D eigenvalue weighted by Crippen LogP contribution is -2.29. The largest absolute Gasteiger partial charge is 0.741 e. The lowest BCUT2D eigenvalue weighted by atomic mass is 9.90. The molecule has 0 saturated heterocycles. The fourth-order valence-corrected chi connectivity index (χ4v) is 5.69. The molecule has 0 amide bonds. The van der Waals surface area contributed by atoms with Gasteiger partial charge in [-0.1, -0.05) is 6.42 Å². The van der Waals surface area contributed by atoms with Gasteiger partial charge in [0, 0.05) is 18.8 Å². The van der Waals surface area contributed by atoms with Crippen molar-refractivity contribution in [1.29, 1.82) is 0 Å². The first-order chi connectivity index (χ1) is 11.1. The Kier molecular flexibility index (Phi) is 6.64. The van der Waals surface area contributed by atoms with Gasteiger partial charge in [-0.2, -0.15) is 13.2 Å². The van der Waals surface area contributed by atoms with Crippen LogP contribution in [0.5, 0.6) is 0 Å². The van der Waals surface area contributed by atoms with E-state index in [2.05, 4.69) is 0 Å². The van der Waals surface area contributed by atoms with Gasteiger partial charge in [0.1, 0.15) is 5.75 Å². The lowest BCUT2D eigenvalue weighted by molar-refractivity contribution is -0.119. The summed E-state index contributed by atoms with van der Waals surface area (Å²) >= 11 is 1.47. The summed E-state index contributed by atoms with van der Waals surface area (Å²) in [5.41, 5.74) is -5.65. The minimum atomic E-state index is -6.09. The maximum atomic E-state index is 11.8. The second-order valence-corrected chi connectivity index (χ2v) is 9.65. The van der Waals surface area contributed by atoms with E-state index in [1.165, 1.54) is 56.0 Å². The van der Waals surface area contributed by atoms with Crippen LogP contribution in [-0.2, 0) is 26.7 Å². The molecule has 4 nitrogen and oxygen atoms in total. The molecular weight excluding hydrogens is 365 g/mol. The van der Waals surface area contributed by atoms with Crippen molar-refractivity contribution in [2.75, 3.05) is 5.75 Å². The fourth-order valence-electron chi connectivity index (χ4n) is 4.02. The number of ketones is 1. The van der Waals surface area contributed by atoms with Crippen LogP contribution in [0.1, 0.15) is 51.4 Å². The highest BCUT2D eigenvalue weighted by Crippen LogP contribution is 2.48. The number of hydrogen-bond donors (Lipinski definition) is 0. The minimum Gasteiger partial charge on any atom is -0.741 e. The van der Waals surface area contributed by atoms with Gasteiger partial charge in [0.15, 0.2) is 21.2 Å². The Bertz CT molecular complexity index is 547. The molecule has 3 rings (SSSR count). The van der Waals surface area contributed by atoms with E-state index in [9.17, 15) is 18.0 Å². The summed E-state index contributed by atoms with van der Waals surface area (Å²) in [4.78, 5) is 11.8. The Morgan fingerprint density at radius 3 is 2.25 bits per heavy atom. The zero-order valence-corrected chi connectivity index (χ0v) is 15.0. The second kappa shape index (κ2) is 7.95. The monoisotopic (exact) mass is 388 g/mol. The molecular formula is C15H23F3O4S2. The first-order valence-corrected chi connectivity index (χ1v) is 10.8. The molecule has 3 aliphatic rings. The van der Waals surface area contributed by atoms with E-state index < -0.39 is 15.6 Å². The highest BCUT2D eigenvalue weighted by molar-refractivity contribution is 7.86. The predicted molar refractivity (Wildman–Crippen MR) is 85.6 cm³/mol. The SMILES string of the molecule is O=C1CCCCC1[SH+]CC1CC2CCC1C2.O=S(=O)([O-])C(F)(F)F. The summed E-state index contributed by atoms with van der Waals surface area (Å²) in [7, 11) is -6.09. The molecule has 4 atom stereocenters. The van der Waals surface area contributed by atoms with Gasteiger partial charge in [0.25, 0.3) is 0 Å². The zero-order valence-electron chi connectivity index (χ0n) is 13.3. The average Bonchev–Trinajstić information content (AvgIpc) is 3.07. The van der Waals surface area contributed by atoms with Crippen LogP contribution in [0, 0.1) is 17.8 Å². The summed E-state index contributed by atoms with van der Waals surface area (Å²) in [5, 5.41) is 0.424. The van der Waals surface area contributed by atoms with E-state index >= 15 is 0 Å². The number of thiol groups is 1. The Balaban J connectivity index is 0.000000224. The third-order valence-corrected chi connectivity index (χ3v) is 7.48. The van der Waals surface area contributed by atoms with Crippen molar-refractivity contribution in [3.63, 3.8) is 0 Å². The Hall–Kier alpha value is -0.280. The van der Waals surface area contributed by atoms with Crippen LogP contribution < -0.4 is 0 Å². The molecule has 3 saturated carbocycles. The van der Waals surface area contributed by atoms with E-state index in [0.29, 0.717) is 11.0 Å². The van der Waals surface area contributed by atoms with Crippen molar-refractivity contribution >= 4 is 27.7 Å². The van der Waals surface area contributed by atoms with Crippen molar-refractivity contribution in [1.82, 2.24) is 0 Å². The molecule has 3 fully saturated rings. The van der Waals surface area contributed by atoms with Crippen molar-refractivity contribution < 1.29 is 30.9 Å². The fraction of sp³-hybridized carbons (Fsp3) is 0.933. The molecule has 0 radical (unpaired) electrons. The van der Waals surface area contributed by atoms with Gasteiger partial charge in [-0.25, -0.2) is 8.42 Å². The number of fused-ring (bicyclic) bond motifs is 2. The van der Waals surface area contributed by atoms with Crippen molar-refractivity contribution in [3.8, 4) is 0 Å². The number of halogens is 3. The Morgan fingerprint density at radius 1 is 1.12 bits per heavy atom. The zero-order chi connectivity index (χ0) is 18.0. The molecule has 140 valence electrons. The number of Topliss-reactive ketones (excluding diaryl/α,β-unsaturated/α-hetero) is 1. The third kappa shape index (κ3) is 5.36. The first kappa shape index (κ1) is 20.0. The number of rotatable bonds is 3. The molecule has 24 heavy (non-hydrogen) atoms. The summed E-state index contributed by atoms with van der Waals surface area (Å²) in [6.45, 7) is 0. The van der Waals surface area contributed by atoms with Gasteiger partial charge in [-0.05, 0) is 55.7 Å². The molecule has 3 aliphatic carbocycles. The number of hydrogen-bond acceptors (Lipinski definition) is 4. The minimum absolute atomic E-state index is 0.424. The summed E-state index contributed by atoms with van der Waals surface area (Å²) < 4.78 is 58.9. The maximum Gasteiger partial charge on any atom is 0.485 e. The molecule has 9 heteroatoms. The van der Waals surface area contributed by atoms with E-state index in [4.69, 9.17) is 13.0 Å². The number of carbonyl (C=O) groups is 1. The van der Waals surface area contributed by atoms with Crippen LogP contribution in [0.4, 0.5) is 13.2 Å². The van der Waals surface area contributed by atoms with E-state index in [1.807, 2.05) is 0 Å². The van der Waals surface area contributed by atoms with Gasteiger partial charge >= 0.3 is 5.51 Å². The maximum absolute atomic E-state index is 11.8. The van der Waals surface area contributed by atoms with Crippen LogP contribution >= 0.6 is 0 Å². The highest BCUT2D eigenvalue weighted by Gasteiger charge is 2.42.